The Labute approximate surface area is 162 Å². The molecule has 2 heterocycles. The third-order valence-electron chi connectivity index (χ3n) is 4.47. The number of carbonyl (C=O) groups excluding carboxylic acids is 2. The second-order valence-corrected chi connectivity index (χ2v) is 8.36. The number of hydrogen-bond donors (Lipinski definition) is 3. The number of sulfonamides is 1. The highest BCUT2D eigenvalue weighted by atomic mass is 32.2. The van der Waals surface area contributed by atoms with E-state index >= 15 is 0 Å². The number of nitrogens with zero attached hydrogens (tertiary/aromatic N) is 3. The van der Waals surface area contributed by atoms with Crippen LogP contribution in [0.15, 0.2) is 35.5 Å². The van der Waals surface area contributed by atoms with Gasteiger partial charge in [-0.25, -0.2) is 23.0 Å². The van der Waals surface area contributed by atoms with Gasteiger partial charge in [0, 0.05) is 32.3 Å². The first kappa shape index (κ1) is 19.8. The van der Waals surface area contributed by atoms with Crippen molar-refractivity contribution in [2.45, 2.75) is 30.7 Å². The van der Waals surface area contributed by atoms with E-state index in [0.717, 1.165) is 5.56 Å². The molecule has 28 heavy (non-hydrogen) atoms. The lowest BCUT2D eigenvalue weighted by atomic mass is 10.1. The Kier molecular flexibility index (Phi) is 5.38. The van der Waals surface area contributed by atoms with Crippen LogP contribution >= 0.6 is 0 Å². The first-order valence-electron chi connectivity index (χ1n) is 8.63. The van der Waals surface area contributed by atoms with Gasteiger partial charge in [-0.15, -0.1) is 0 Å². The molecule has 3 rings (SSSR count). The number of carbonyl (C=O) groups is 2. The third-order valence-corrected chi connectivity index (χ3v) is 5.38. The van der Waals surface area contributed by atoms with Crippen LogP contribution in [0.1, 0.15) is 18.4 Å². The molecule has 3 amide bonds. The summed E-state index contributed by atoms with van der Waals surface area (Å²) in [5, 5.41) is 14.9. The minimum absolute atomic E-state index is 0.0376. The number of benzene rings is 1. The molecule has 0 saturated carbocycles. The lowest BCUT2D eigenvalue weighted by Crippen LogP contribution is -2.49. The van der Waals surface area contributed by atoms with Gasteiger partial charge in [-0.05, 0) is 37.1 Å². The van der Waals surface area contributed by atoms with E-state index < -0.39 is 16.1 Å². The van der Waals surface area contributed by atoms with Crippen LogP contribution < -0.4 is 15.8 Å². The fourth-order valence-electron chi connectivity index (χ4n) is 3.01. The van der Waals surface area contributed by atoms with Crippen LogP contribution in [-0.4, -0.2) is 54.7 Å². The molecule has 1 fully saturated rings. The highest BCUT2D eigenvalue weighted by molar-refractivity contribution is 7.89. The van der Waals surface area contributed by atoms with E-state index in [-0.39, 0.29) is 22.5 Å². The fraction of sp³-hybridized carbons (Fsp3) is 0.353. The normalized spacial score (nSPS) is 17.5. The summed E-state index contributed by atoms with van der Waals surface area (Å²) in [6.45, 7) is 2.28. The Bertz CT molecular complexity index is 1020. The predicted octanol–water partition coefficient (Wildman–Crippen LogP) is 0.570. The highest BCUT2D eigenvalue weighted by Gasteiger charge is 2.24. The highest BCUT2D eigenvalue weighted by Crippen LogP contribution is 2.24. The minimum Gasteiger partial charge on any atom is -0.344 e. The van der Waals surface area contributed by atoms with Gasteiger partial charge in [0.15, 0.2) is 0 Å². The second-order valence-electron chi connectivity index (χ2n) is 6.79. The number of urea groups is 1. The Morgan fingerprint density at radius 3 is 2.71 bits per heavy atom. The molecule has 0 unspecified atom stereocenters. The van der Waals surface area contributed by atoms with Gasteiger partial charge in [0.1, 0.15) is 0 Å². The van der Waals surface area contributed by atoms with Crippen LogP contribution in [0.25, 0.3) is 5.69 Å². The van der Waals surface area contributed by atoms with Gasteiger partial charge < -0.3 is 15.5 Å². The molecule has 1 aromatic carbocycles. The van der Waals surface area contributed by atoms with Crippen LogP contribution in [-0.2, 0) is 14.8 Å². The van der Waals surface area contributed by atoms with Crippen LogP contribution in [0.5, 0.6) is 0 Å². The summed E-state index contributed by atoms with van der Waals surface area (Å²) in [7, 11) is -2.26. The molecule has 0 radical (unpaired) electrons. The standard InChI is InChI=1S/C17H22N6O4S/c1-11-8-19-23(9-11)15-5-4-13(28(18,26)27)7-14(15)21-17(25)20-12-3-6-16(24)22(2)10-12/h4-5,7-9,12H,3,6,10H2,1-2H3,(H2,18,26,27)(H2,20,21,25)/t12-/m1/s1. The van der Waals surface area contributed by atoms with Gasteiger partial charge in [0.25, 0.3) is 0 Å². The van der Waals surface area contributed by atoms with E-state index in [1.54, 1.807) is 24.3 Å². The first-order valence-corrected chi connectivity index (χ1v) is 10.2. The number of likely N-dealkylation sites (N-methyl/N-ethyl adjacent to an activating group) is 1. The summed E-state index contributed by atoms with van der Waals surface area (Å²) in [6.07, 6.45) is 4.29. The number of piperidine rings is 1. The number of nitrogens with one attached hydrogen (secondary N) is 2. The molecular formula is C17H22N6O4S. The van der Waals surface area contributed by atoms with Crippen LogP contribution in [0, 0.1) is 6.92 Å². The average Bonchev–Trinajstić information content (AvgIpc) is 3.03. The third kappa shape index (κ3) is 4.49. The number of primary sulfonamides is 1. The van der Waals surface area contributed by atoms with Gasteiger partial charge in [0.2, 0.25) is 15.9 Å². The minimum atomic E-state index is -3.94. The van der Waals surface area contributed by atoms with Crippen LogP contribution in [0.2, 0.25) is 0 Å². The Morgan fingerprint density at radius 2 is 2.11 bits per heavy atom. The van der Waals surface area contributed by atoms with Crippen molar-refractivity contribution in [2.24, 2.45) is 5.14 Å². The summed E-state index contributed by atoms with van der Waals surface area (Å²) in [5.41, 5.74) is 1.64. The van der Waals surface area contributed by atoms with Gasteiger partial charge in [-0.1, -0.05) is 0 Å². The molecule has 1 saturated heterocycles. The lowest BCUT2D eigenvalue weighted by molar-refractivity contribution is -0.132. The zero-order valence-corrected chi connectivity index (χ0v) is 16.4. The predicted molar refractivity (Wildman–Crippen MR) is 102 cm³/mol. The Balaban J connectivity index is 1.84. The Hall–Kier alpha value is -2.92. The largest absolute Gasteiger partial charge is 0.344 e. The van der Waals surface area contributed by atoms with Crippen LogP contribution in [0.4, 0.5) is 10.5 Å². The molecule has 0 spiro atoms. The number of nitrogens with two attached hydrogens (primary N) is 1. The Morgan fingerprint density at radius 1 is 1.36 bits per heavy atom. The molecule has 1 atom stereocenters. The maximum Gasteiger partial charge on any atom is 0.319 e. The summed E-state index contributed by atoms with van der Waals surface area (Å²) in [4.78, 5) is 25.5. The number of hydrogen-bond acceptors (Lipinski definition) is 5. The van der Waals surface area contributed by atoms with Crippen molar-refractivity contribution in [3.05, 3.63) is 36.2 Å². The van der Waals surface area contributed by atoms with E-state index in [9.17, 15) is 18.0 Å². The first-order chi connectivity index (χ1) is 13.1. The van der Waals surface area contributed by atoms with Gasteiger partial charge >= 0.3 is 6.03 Å². The quantitative estimate of drug-likeness (QED) is 0.681. The van der Waals surface area contributed by atoms with Crippen molar-refractivity contribution < 1.29 is 18.0 Å². The van der Waals surface area contributed by atoms with E-state index in [4.69, 9.17) is 5.14 Å². The van der Waals surface area contributed by atoms with Crippen molar-refractivity contribution >= 4 is 27.6 Å². The molecule has 1 aliphatic rings. The SMILES string of the molecule is Cc1cnn(-c2ccc(S(N)(=O)=O)cc2NC(=O)N[C@@H]2CCC(=O)N(C)C2)c1. The molecule has 1 aliphatic heterocycles. The summed E-state index contributed by atoms with van der Waals surface area (Å²) >= 11 is 0. The molecule has 11 heteroatoms. The molecule has 0 bridgehead atoms. The topological polar surface area (TPSA) is 139 Å². The van der Waals surface area contributed by atoms with Gasteiger partial charge in [0.05, 0.1) is 22.5 Å². The molecule has 4 N–H and O–H groups in total. The average molecular weight is 406 g/mol. The maximum absolute atomic E-state index is 12.5. The van der Waals surface area contributed by atoms with Crippen molar-refractivity contribution in [3.8, 4) is 5.69 Å². The lowest BCUT2D eigenvalue weighted by Gasteiger charge is -2.30. The van der Waals surface area contributed by atoms with Gasteiger partial charge in [-0.3, -0.25) is 4.79 Å². The van der Waals surface area contributed by atoms with Crippen molar-refractivity contribution in [1.82, 2.24) is 20.0 Å². The summed E-state index contributed by atoms with van der Waals surface area (Å²) in [5.74, 6) is 0.0376. The number of likely N-dealkylation sites (tertiary alicyclic amines) is 1. The number of aryl methyl sites for hydroxylation is 1. The second kappa shape index (κ2) is 7.60. The summed E-state index contributed by atoms with van der Waals surface area (Å²) in [6, 6.07) is 3.46. The van der Waals surface area contributed by atoms with Crippen LogP contribution in [0.3, 0.4) is 0 Å². The number of anilines is 1. The number of rotatable bonds is 4. The molecule has 10 nitrogen and oxygen atoms in total. The number of amides is 3. The van der Waals surface area contributed by atoms with Crippen molar-refractivity contribution in [2.75, 3.05) is 18.9 Å². The van der Waals surface area contributed by atoms with Crippen molar-refractivity contribution in [3.63, 3.8) is 0 Å². The summed E-state index contributed by atoms with van der Waals surface area (Å²) < 4.78 is 24.9. The van der Waals surface area contributed by atoms with E-state index in [0.29, 0.717) is 25.1 Å². The van der Waals surface area contributed by atoms with Gasteiger partial charge in [-0.2, -0.15) is 5.10 Å². The van der Waals surface area contributed by atoms with Crippen molar-refractivity contribution in [1.29, 1.82) is 0 Å². The molecule has 1 aromatic heterocycles. The van der Waals surface area contributed by atoms with E-state index in [2.05, 4.69) is 15.7 Å². The molecular weight excluding hydrogens is 384 g/mol. The van der Waals surface area contributed by atoms with E-state index in [1.165, 1.54) is 22.9 Å². The molecule has 150 valence electrons. The zero-order chi connectivity index (χ0) is 20.5. The monoisotopic (exact) mass is 406 g/mol. The number of aromatic nitrogens is 2. The molecule has 2 aromatic rings. The fourth-order valence-corrected chi connectivity index (χ4v) is 3.55. The maximum atomic E-state index is 12.5. The smallest absolute Gasteiger partial charge is 0.319 e. The zero-order valence-electron chi connectivity index (χ0n) is 15.5. The molecule has 0 aliphatic carbocycles. The van der Waals surface area contributed by atoms with E-state index in [1.807, 2.05) is 6.92 Å².